The fourth-order valence-electron chi connectivity index (χ4n) is 12.9. The highest BCUT2D eigenvalue weighted by Gasteiger charge is 2.47. The number of aryl methyl sites for hydroxylation is 1. The minimum atomic E-state index is -0.164. The molecule has 0 N–H and O–H groups in total. The van der Waals surface area contributed by atoms with Crippen LogP contribution >= 0.6 is 0 Å². The first-order valence-corrected chi connectivity index (χ1v) is 28.2. The predicted octanol–water partition coefficient (Wildman–Crippen LogP) is 19.2. The normalized spacial score (nSPS) is 15.4. The van der Waals surface area contributed by atoms with Crippen molar-refractivity contribution in [3.05, 3.63) is 215 Å². The van der Waals surface area contributed by atoms with E-state index in [9.17, 15) is 0 Å². The molecule has 3 aliphatic rings. The number of rotatable bonds is 6. The SMILES string of the molecule is Cc1cc2c(cc1N1c3cc(N(c4ccc(C(C)(C)C)cc4)c4ccc(C(C)(C)C)cc4)ccc3B3c4c(cc(-c5ccccc5)cc41)-c1ccc4ccccc4c1N3c1ccc(C(C)(C)C)cc1)C(C)(C)CCC2(C)C. The minimum Gasteiger partial charge on any atom is -0.376 e. The first-order chi connectivity index (χ1) is 36.5. The number of nitrogens with zero attached hydrogens (tertiary/aromatic N) is 3. The van der Waals surface area contributed by atoms with Gasteiger partial charge in [0.1, 0.15) is 0 Å². The molecule has 0 fully saturated rings. The van der Waals surface area contributed by atoms with Crippen molar-refractivity contribution in [2.75, 3.05) is 14.6 Å². The van der Waals surface area contributed by atoms with Crippen LogP contribution in [0.1, 0.15) is 136 Å². The predicted molar refractivity (Wildman–Crippen MR) is 334 cm³/mol. The van der Waals surface area contributed by atoms with E-state index in [0.29, 0.717) is 0 Å². The molecule has 0 atom stereocenters. The average Bonchev–Trinajstić information content (AvgIpc) is 3.45. The van der Waals surface area contributed by atoms with Gasteiger partial charge in [0.05, 0.1) is 0 Å². The van der Waals surface area contributed by atoms with Crippen molar-refractivity contribution in [3.63, 3.8) is 0 Å². The lowest BCUT2D eigenvalue weighted by Crippen LogP contribution is -2.61. The number of benzene rings is 9. The largest absolute Gasteiger partial charge is 0.376 e. The van der Waals surface area contributed by atoms with E-state index in [1.807, 2.05) is 0 Å². The summed E-state index contributed by atoms with van der Waals surface area (Å²) < 4.78 is 0. The summed E-state index contributed by atoms with van der Waals surface area (Å²) in [5, 5.41) is 2.49. The maximum absolute atomic E-state index is 2.70. The van der Waals surface area contributed by atoms with Crippen LogP contribution in [0.25, 0.3) is 33.0 Å². The van der Waals surface area contributed by atoms with Crippen molar-refractivity contribution in [1.82, 2.24) is 0 Å². The molecule has 0 saturated heterocycles. The van der Waals surface area contributed by atoms with Gasteiger partial charge in [-0.25, -0.2) is 0 Å². The summed E-state index contributed by atoms with van der Waals surface area (Å²) in [6, 6.07) is 70.5. The van der Waals surface area contributed by atoms with E-state index >= 15 is 0 Å². The van der Waals surface area contributed by atoms with Crippen LogP contribution in [0.15, 0.2) is 182 Å². The second-order valence-electron chi connectivity index (χ2n) is 27.0. The highest BCUT2D eigenvalue weighted by atomic mass is 15.2. The van der Waals surface area contributed by atoms with E-state index in [4.69, 9.17) is 0 Å². The standard InChI is InChI=1S/C73H76BN3/c1-47-42-61-62(73(13,14)41-40-72(61,11)12)46-64(47)76-65-45-57(75(54-31-25-51(26-32-54)69(2,3)4)55-33-27-52(28-34-55)70(5,6)7)37-39-63(65)74-67-60(43-50(44-66(67)76)48-20-16-15-17-21-48)59-38-24-49-22-18-19-23-58(49)68(59)77(74)56-35-29-53(30-36-56)71(8,9)10/h15-39,42-46H,40-41H2,1-14H3. The molecule has 4 heteroatoms. The molecule has 0 spiro atoms. The fraction of sp³-hybridized carbons (Fsp3) is 0.288. The lowest BCUT2D eigenvalue weighted by molar-refractivity contribution is 0.332. The van der Waals surface area contributed by atoms with Crippen molar-refractivity contribution in [1.29, 1.82) is 0 Å². The van der Waals surface area contributed by atoms with Gasteiger partial charge in [-0.1, -0.05) is 205 Å². The smallest absolute Gasteiger partial charge is 0.333 e. The Morgan fingerprint density at radius 2 is 0.987 bits per heavy atom. The van der Waals surface area contributed by atoms with Gasteiger partial charge >= 0.3 is 6.85 Å². The number of hydrogen-bond donors (Lipinski definition) is 0. The molecule has 0 amide bonds. The Balaban J connectivity index is 1.20. The molecule has 386 valence electrons. The Kier molecular flexibility index (Phi) is 11.7. The van der Waals surface area contributed by atoms with Crippen LogP contribution in [0, 0.1) is 6.92 Å². The van der Waals surface area contributed by atoms with Gasteiger partial charge in [-0.05, 0) is 180 Å². The second kappa shape index (κ2) is 17.9. The first-order valence-electron chi connectivity index (χ1n) is 28.2. The summed E-state index contributed by atoms with van der Waals surface area (Å²) >= 11 is 0. The molecule has 3 nitrogen and oxygen atoms in total. The van der Waals surface area contributed by atoms with E-state index in [1.165, 1.54) is 112 Å². The van der Waals surface area contributed by atoms with Gasteiger partial charge in [-0.3, -0.25) is 0 Å². The third-order valence-electron chi connectivity index (χ3n) is 17.7. The van der Waals surface area contributed by atoms with E-state index in [0.717, 1.165) is 23.5 Å². The van der Waals surface area contributed by atoms with Gasteiger partial charge in [0.15, 0.2) is 0 Å². The van der Waals surface area contributed by atoms with Crippen molar-refractivity contribution >= 4 is 74.0 Å². The van der Waals surface area contributed by atoms with Gasteiger partial charge in [0.2, 0.25) is 0 Å². The molecule has 12 rings (SSSR count). The lowest BCUT2D eigenvalue weighted by atomic mass is 9.43. The van der Waals surface area contributed by atoms with Gasteiger partial charge < -0.3 is 14.6 Å². The Labute approximate surface area is 460 Å². The van der Waals surface area contributed by atoms with Crippen LogP contribution in [-0.2, 0) is 27.1 Å². The van der Waals surface area contributed by atoms with Crippen molar-refractivity contribution in [2.24, 2.45) is 0 Å². The van der Waals surface area contributed by atoms with Gasteiger partial charge in [-0.15, -0.1) is 0 Å². The zero-order valence-electron chi connectivity index (χ0n) is 48.2. The fourth-order valence-corrected chi connectivity index (χ4v) is 12.9. The average molecular weight is 1010 g/mol. The zero-order chi connectivity index (χ0) is 54.1. The highest BCUT2D eigenvalue weighted by molar-refractivity contribution is 6.94. The summed E-state index contributed by atoms with van der Waals surface area (Å²) in [7, 11) is 0. The monoisotopic (exact) mass is 1010 g/mol. The Morgan fingerprint density at radius 3 is 1.57 bits per heavy atom. The van der Waals surface area contributed by atoms with Gasteiger partial charge in [-0.2, -0.15) is 0 Å². The van der Waals surface area contributed by atoms with Crippen LogP contribution in [0.2, 0.25) is 0 Å². The summed E-state index contributed by atoms with van der Waals surface area (Å²) in [5.41, 5.74) is 25.3. The van der Waals surface area contributed by atoms with Gasteiger partial charge in [0, 0.05) is 56.4 Å². The number of fused-ring (bicyclic) bond motifs is 7. The first kappa shape index (κ1) is 50.5. The summed E-state index contributed by atoms with van der Waals surface area (Å²) in [5.74, 6) is 0. The van der Waals surface area contributed by atoms with E-state index in [2.05, 4.69) is 294 Å². The molecule has 9 aromatic rings. The van der Waals surface area contributed by atoms with Crippen LogP contribution < -0.4 is 25.5 Å². The quantitative estimate of drug-likeness (QED) is 0.154. The molecule has 0 unspecified atom stereocenters. The molecule has 0 saturated carbocycles. The summed E-state index contributed by atoms with van der Waals surface area (Å²) in [4.78, 5) is 7.87. The highest BCUT2D eigenvalue weighted by Crippen LogP contribution is 2.54. The van der Waals surface area contributed by atoms with Crippen molar-refractivity contribution in [3.8, 4) is 22.3 Å². The van der Waals surface area contributed by atoms with E-state index < -0.39 is 0 Å². The molecule has 0 radical (unpaired) electrons. The second-order valence-corrected chi connectivity index (χ2v) is 27.0. The molecule has 0 bridgehead atoms. The Bertz CT molecular complexity index is 3690. The molecular formula is C73H76BN3. The minimum absolute atomic E-state index is 0.00681. The molecule has 0 aromatic heterocycles. The van der Waals surface area contributed by atoms with E-state index in [1.54, 1.807) is 0 Å². The Hall–Kier alpha value is -7.30. The number of hydrogen-bond acceptors (Lipinski definition) is 3. The van der Waals surface area contributed by atoms with Crippen LogP contribution in [-0.4, -0.2) is 6.85 Å². The molecule has 9 aromatic carbocycles. The zero-order valence-corrected chi connectivity index (χ0v) is 48.2. The topological polar surface area (TPSA) is 9.72 Å². The van der Waals surface area contributed by atoms with Crippen LogP contribution in [0.5, 0.6) is 0 Å². The van der Waals surface area contributed by atoms with Crippen LogP contribution in [0.4, 0.5) is 45.5 Å². The molecule has 1 aliphatic carbocycles. The maximum atomic E-state index is 2.70. The third kappa shape index (κ3) is 8.58. The summed E-state index contributed by atoms with van der Waals surface area (Å²) in [6.07, 6.45) is 2.31. The lowest BCUT2D eigenvalue weighted by Gasteiger charge is -2.47. The van der Waals surface area contributed by atoms with Crippen LogP contribution in [0.3, 0.4) is 0 Å². The maximum Gasteiger partial charge on any atom is 0.333 e. The Morgan fingerprint density at radius 1 is 0.455 bits per heavy atom. The summed E-state index contributed by atoms with van der Waals surface area (Å²) in [6.45, 7) is 32.8. The molecule has 77 heavy (non-hydrogen) atoms. The van der Waals surface area contributed by atoms with E-state index in [-0.39, 0.29) is 33.9 Å². The molecule has 2 aliphatic heterocycles. The molecule has 2 heterocycles. The van der Waals surface area contributed by atoms with Gasteiger partial charge in [0.25, 0.3) is 0 Å². The van der Waals surface area contributed by atoms with Crippen molar-refractivity contribution < 1.29 is 0 Å². The molecular weight excluding hydrogens is 930 g/mol. The third-order valence-corrected chi connectivity index (χ3v) is 17.7. The number of anilines is 8. The van der Waals surface area contributed by atoms with Crippen molar-refractivity contribution in [2.45, 2.75) is 137 Å².